The Morgan fingerprint density at radius 2 is 0.947 bits per heavy atom. The van der Waals surface area contributed by atoms with Crippen LogP contribution in [0.1, 0.15) is 74.7 Å². The zero-order chi connectivity index (χ0) is 15.6. The molecule has 0 aliphatic carbocycles. The van der Waals surface area contributed by atoms with Gasteiger partial charge in [0, 0.05) is 25.2 Å². The summed E-state index contributed by atoms with van der Waals surface area (Å²) in [5.41, 5.74) is 0. The van der Waals surface area contributed by atoms with Gasteiger partial charge in [-0.05, 0) is 17.8 Å². The Kier molecular flexibility index (Phi) is 12.2. The minimum atomic E-state index is 0.215. The second kappa shape index (κ2) is 11.2. The van der Waals surface area contributed by atoms with Crippen molar-refractivity contribution in [2.45, 2.75) is 74.7 Å². The number of rotatable bonds is 7. The van der Waals surface area contributed by atoms with E-state index in [1.54, 1.807) is 0 Å². The maximum Gasteiger partial charge on any atom is 0.135 e. The predicted octanol–water partition coefficient (Wildman–Crippen LogP) is 4.91. The van der Waals surface area contributed by atoms with Crippen molar-refractivity contribution in [1.29, 1.82) is 0 Å². The fourth-order valence-electron chi connectivity index (χ4n) is 1.63. The van der Waals surface area contributed by atoms with E-state index in [0.717, 1.165) is 19.3 Å². The third-order valence-corrected chi connectivity index (χ3v) is 2.53. The van der Waals surface area contributed by atoms with Crippen molar-refractivity contribution in [2.24, 2.45) is 23.7 Å². The lowest BCUT2D eigenvalue weighted by atomic mass is 9.99. The highest BCUT2D eigenvalue weighted by atomic mass is 16.1. The first kappa shape index (κ1) is 20.7. The van der Waals surface area contributed by atoms with E-state index in [4.69, 9.17) is 0 Å². The molecule has 114 valence electrons. The number of carbonyl (C=O) groups excluding carboxylic acids is 2. The van der Waals surface area contributed by atoms with Gasteiger partial charge >= 0.3 is 0 Å². The Labute approximate surface area is 120 Å². The number of carbonyl (C=O) groups is 2. The summed E-state index contributed by atoms with van der Waals surface area (Å²) in [6, 6.07) is 0. The lowest BCUT2D eigenvalue weighted by Gasteiger charge is -2.05. The summed E-state index contributed by atoms with van der Waals surface area (Å²) in [4.78, 5) is 22.0. The maximum absolute atomic E-state index is 11.1. The minimum Gasteiger partial charge on any atom is -0.300 e. The van der Waals surface area contributed by atoms with Crippen molar-refractivity contribution in [1.82, 2.24) is 0 Å². The summed E-state index contributed by atoms with van der Waals surface area (Å²) in [7, 11) is 0. The lowest BCUT2D eigenvalue weighted by Crippen LogP contribution is -2.09. The Bertz CT molecular complexity index is 238. The van der Waals surface area contributed by atoms with Crippen LogP contribution in [0.2, 0.25) is 0 Å². The average Bonchev–Trinajstić information content (AvgIpc) is 2.13. The van der Waals surface area contributed by atoms with E-state index in [0.29, 0.717) is 29.3 Å². The van der Waals surface area contributed by atoms with Crippen molar-refractivity contribution < 1.29 is 9.59 Å². The molecule has 0 radical (unpaired) electrons. The standard InChI is InChI=1S/C9H18O.C8H16O/c1-7(2)5-9(10)6-8(3)4;1-6(2)5-8(9)7(3)4/h7-8H,5-6H2,1-4H3;6-7H,5H2,1-4H3. The minimum absolute atomic E-state index is 0.215. The van der Waals surface area contributed by atoms with Crippen LogP contribution in [-0.2, 0) is 9.59 Å². The third-order valence-electron chi connectivity index (χ3n) is 2.53. The van der Waals surface area contributed by atoms with Gasteiger partial charge in [0.15, 0.2) is 0 Å². The highest BCUT2D eigenvalue weighted by molar-refractivity contribution is 5.80. The van der Waals surface area contributed by atoms with Crippen LogP contribution in [0.15, 0.2) is 0 Å². The SMILES string of the molecule is CC(C)CC(=O)C(C)C.CC(C)CC(=O)CC(C)C. The maximum atomic E-state index is 11.1. The molecular formula is C17H34O2. The van der Waals surface area contributed by atoms with Crippen LogP contribution >= 0.6 is 0 Å². The van der Waals surface area contributed by atoms with Crippen molar-refractivity contribution >= 4 is 11.6 Å². The molecule has 19 heavy (non-hydrogen) atoms. The molecule has 0 unspecified atom stereocenters. The monoisotopic (exact) mass is 270 g/mol. The summed E-state index contributed by atoms with van der Waals surface area (Å²) in [5, 5.41) is 0. The molecule has 0 N–H and O–H groups in total. The van der Waals surface area contributed by atoms with Crippen LogP contribution in [0.4, 0.5) is 0 Å². The van der Waals surface area contributed by atoms with Gasteiger partial charge in [-0.15, -0.1) is 0 Å². The van der Waals surface area contributed by atoms with Crippen molar-refractivity contribution in [3.05, 3.63) is 0 Å². The van der Waals surface area contributed by atoms with Gasteiger partial charge in [0.2, 0.25) is 0 Å². The van der Waals surface area contributed by atoms with Gasteiger partial charge in [-0.1, -0.05) is 55.4 Å². The molecule has 2 heteroatoms. The van der Waals surface area contributed by atoms with Gasteiger partial charge in [-0.3, -0.25) is 9.59 Å². The molecule has 2 nitrogen and oxygen atoms in total. The van der Waals surface area contributed by atoms with E-state index in [1.165, 1.54) is 0 Å². The number of ketones is 2. The molecule has 0 aromatic heterocycles. The smallest absolute Gasteiger partial charge is 0.135 e. The van der Waals surface area contributed by atoms with Crippen LogP contribution < -0.4 is 0 Å². The van der Waals surface area contributed by atoms with Gasteiger partial charge < -0.3 is 0 Å². The molecule has 0 bridgehead atoms. The van der Waals surface area contributed by atoms with E-state index in [2.05, 4.69) is 41.5 Å². The number of hydrogen-bond acceptors (Lipinski definition) is 2. The Hall–Kier alpha value is -0.660. The van der Waals surface area contributed by atoms with Crippen LogP contribution in [-0.4, -0.2) is 11.6 Å². The van der Waals surface area contributed by atoms with E-state index in [1.807, 2.05) is 13.8 Å². The molecule has 0 saturated heterocycles. The molecule has 0 rings (SSSR count). The summed E-state index contributed by atoms with van der Waals surface area (Å²) in [6.07, 6.45) is 2.23. The number of Topliss-reactive ketones (excluding diaryl/α,β-unsaturated/α-hetero) is 2. The molecule has 0 aliphatic heterocycles. The zero-order valence-corrected chi connectivity index (χ0v) is 14.2. The predicted molar refractivity (Wildman–Crippen MR) is 83.2 cm³/mol. The summed E-state index contributed by atoms with van der Waals surface area (Å²) >= 11 is 0. The fourth-order valence-corrected chi connectivity index (χ4v) is 1.63. The van der Waals surface area contributed by atoms with E-state index in [9.17, 15) is 9.59 Å². The summed E-state index contributed by atoms with van der Waals surface area (Å²) < 4.78 is 0. The largest absolute Gasteiger partial charge is 0.300 e. The van der Waals surface area contributed by atoms with Gasteiger partial charge in [0.25, 0.3) is 0 Å². The molecular weight excluding hydrogens is 236 g/mol. The van der Waals surface area contributed by atoms with Crippen molar-refractivity contribution in [2.75, 3.05) is 0 Å². The zero-order valence-electron chi connectivity index (χ0n) is 14.2. The molecule has 0 atom stereocenters. The normalized spacial score (nSPS) is 10.9. The fraction of sp³-hybridized carbons (Fsp3) is 0.882. The molecule has 0 aliphatic rings. The molecule has 0 aromatic carbocycles. The molecule has 0 spiro atoms. The van der Waals surface area contributed by atoms with Gasteiger partial charge in [0.1, 0.15) is 11.6 Å². The Balaban J connectivity index is 0. The van der Waals surface area contributed by atoms with Crippen LogP contribution in [0.5, 0.6) is 0 Å². The second-order valence-electron chi connectivity index (χ2n) is 6.95. The molecule has 0 heterocycles. The summed E-state index contributed by atoms with van der Waals surface area (Å²) in [5.74, 6) is 2.56. The molecule has 0 fully saturated rings. The topological polar surface area (TPSA) is 34.1 Å². The highest BCUT2D eigenvalue weighted by Crippen LogP contribution is 2.07. The van der Waals surface area contributed by atoms with Crippen LogP contribution in [0, 0.1) is 23.7 Å². The Morgan fingerprint density at radius 1 is 0.632 bits per heavy atom. The van der Waals surface area contributed by atoms with E-state index < -0.39 is 0 Å². The second-order valence-corrected chi connectivity index (χ2v) is 6.95. The van der Waals surface area contributed by atoms with Crippen LogP contribution in [0.3, 0.4) is 0 Å². The summed E-state index contributed by atoms with van der Waals surface area (Å²) in [6.45, 7) is 16.4. The van der Waals surface area contributed by atoms with Gasteiger partial charge in [0.05, 0.1) is 0 Å². The first-order valence-corrected chi connectivity index (χ1v) is 7.60. The van der Waals surface area contributed by atoms with Gasteiger partial charge in [-0.25, -0.2) is 0 Å². The van der Waals surface area contributed by atoms with E-state index >= 15 is 0 Å². The van der Waals surface area contributed by atoms with Crippen LogP contribution in [0.25, 0.3) is 0 Å². The van der Waals surface area contributed by atoms with Gasteiger partial charge in [-0.2, -0.15) is 0 Å². The lowest BCUT2D eigenvalue weighted by molar-refractivity contribution is -0.122. The van der Waals surface area contributed by atoms with Crippen molar-refractivity contribution in [3.8, 4) is 0 Å². The Morgan fingerprint density at radius 3 is 1.11 bits per heavy atom. The molecule has 0 aromatic rings. The quantitative estimate of drug-likeness (QED) is 0.659. The highest BCUT2D eigenvalue weighted by Gasteiger charge is 2.08. The third kappa shape index (κ3) is 17.3. The first-order chi connectivity index (χ1) is 8.56. The van der Waals surface area contributed by atoms with E-state index in [-0.39, 0.29) is 5.92 Å². The number of hydrogen-bond donors (Lipinski definition) is 0. The molecule has 0 saturated carbocycles. The average molecular weight is 270 g/mol. The molecule has 0 amide bonds. The van der Waals surface area contributed by atoms with Crippen molar-refractivity contribution in [3.63, 3.8) is 0 Å². The first-order valence-electron chi connectivity index (χ1n) is 7.60.